The largest absolute Gasteiger partial charge is 0.455 e. The van der Waals surface area contributed by atoms with E-state index in [-0.39, 0.29) is 5.02 Å². The van der Waals surface area contributed by atoms with E-state index in [1.165, 1.54) is 6.07 Å². The molecule has 2 aromatic rings. The number of hydrogen-bond donors (Lipinski definition) is 1. The second kappa shape index (κ2) is 6.22. The Labute approximate surface area is 117 Å². The van der Waals surface area contributed by atoms with Crippen molar-refractivity contribution in [3.63, 3.8) is 0 Å². The second-order valence-electron chi connectivity index (χ2n) is 5.02. The van der Waals surface area contributed by atoms with Crippen LogP contribution in [-0.2, 0) is 6.54 Å². The lowest BCUT2D eigenvalue weighted by molar-refractivity contribution is -0.676. The standard InChI is InChI=1S/C15H17ClFNO/c1-10(2)8-18-9-12-4-6-15(19-12)11-3-5-14(17)13(16)7-11/h3-7,10,18H,8-9H2,1-2H3/p+1. The summed E-state index contributed by atoms with van der Waals surface area (Å²) >= 11 is 5.77. The molecule has 0 aliphatic carbocycles. The third-order valence-electron chi connectivity index (χ3n) is 2.85. The number of furan rings is 1. The average Bonchev–Trinajstić information content (AvgIpc) is 2.81. The van der Waals surface area contributed by atoms with Crippen molar-refractivity contribution in [1.82, 2.24) is 0 Å². The number of quaternary nitrogens is 1. The quantitative estimate of drug-likeness (QED) is 0.894. The van der Waals surface area contributed by atoms with Crippen molar-refractivity contribution in [3.05, 3.63) is 46.9 Å². The van der Waals surface area contributed by atoms with Crippen molar-refractivity contribution in [2.45, 2.75) is 20.4 Å². The Morgan fingerprint density at radius 2 is 2.05 bits per heavy atom. The van der Waals surface area contributed by atoms with E-state index < -0.39 is 5.82 Å². The van der Waals surface area contributed by atoms with Gasteiger partial charge in [-0.05, 0) is 30.3 Å². The molecular formula is C15H18ClFNO+. The van der Waals surface area contributed by atoms with Crippen LogP contribution in [0.25, 0.3) is 11.3 Å². The van der Waals surface area contributed by atoms with Crippen molar-refractivity contribution >= 4 is 11.6 Å². The highest BCUT2D eigenvalue weighted by molar-refractivity contribution is 6.31. The molecule has 0 atom stereocenters. The zero-order valence-corrected chi connectivity index (χ0v) is 11.9. The van der Waals surface area contributed by atoms with Gasteiger partial charge in [0.05, 0.1) is 11.6 Å². The first-order chi connectivity index (χ1) is 9.06. The summed E-state index contributed by atoms with van der Waals surface area (Å²) in [6, 6.07) is 8.44. The van der Waals surface area contributed by atoms with Gasteiger partial charge in [-0.2, -0.15) is 0 Å². The summed E-state index contributed by atoms with van der Waals surface area (Å²) in [7, 11) is 0. The molecule has 2 N–H and O–H groups in total. The van der Waals surface area contributed by atoms with E-state index in [1.54, 1.807) is 12.1 Å². The molecule has 0 aliphatic heterocycles. The smallest absolute Gasteiger partial charge is 0.158 e. The maximum absolute atomic E-state index is 13.1. The molecule has 102 valence electrons. The van der Waals surface area contributed by atoms with Crippen molar-refractivity contribution in [2.75, 3.05) is 6.54 Å². The molecule has 0 unspecified atom stereocenters. The lowest BCUT2D eigenvalue weighted by Gasteiger charge is -2.02. The molecule has 0 saturated heterocycles. The molecule has 0 bridgehead atoms. The minimum atomic E-state index is -0.414. The van der Waals surface area contributed by atoms with Gasteiger partial charge in [-0.25, -0.2) is 4.39 Å². The summed E-state index contributed by atoms with van der Waals surface area (Å²) in [5, 5.41) is 2.33. The van der Waals surface area contributed by atoms with Gasteiger partial charge in [0, 0.05) is 11.5 Å². The van der Waals surface area contributed by atoms with Gasteiger partial charge in [0.25, 0.3) is 0 Å². The summed E-state index contributed by atoms with van der Waals surface area (Å²) in [5.41, 5.74) is 0.793. The number of hydrogen-bond acceptors (Lipinski definition) is 1. The molecule has 0 radical (unpaired) electrons. The van der Waals surface area contributed by atoms with Crippen LogP contribution in [0, 0.1) is 11.7 Å². The summed E-state index contributed by atoms with van der Waals surface area (Å²) in [5.74, 6) is 1.87. The van der Waals surface area contributed by atoms with Gasteiger partial charge in [0.15, 0.2) is 5.76 Å². The summed E-state index contributed by atoms with van der Waals surface area (Å²) in [6.45, 7) is 6.25. The van der Waals surface area contributed by atoms with Crippen LogP contribution in [0.5, 0.6) is 0 Å². The van der Waals surface area contributed by atoms with Crippen molar-refractivity contribution in [1.29, 1.82) is 0 Å². The molecule has 0 saturated carbocycles. The van der Waals surface area contributed by atoms with Gasteiger partial charge in [-0.3, -0.25) is 0 Å². The highest BCUT2D eigenvalue weighted by atomic mass is 35.5. The van der Waals surface area contributed by atoms with Crippen molar-refractivity contribution < 1.29 is 14.1 Å². The molecule has 0 amide bonds. The van der Waals surface area contributed by atoms with Gasteiger partial charge < -0.3 is 9.73 Å². The molecule has 4 heteroatoms. The summed E-state index contributed by atoms with van der Waals surface area (Å²) in [6.07, 6.45) is 0. The average molecular weight is 283 g/mol. The lowest BCUT2D eigenvalue weighted by atomic mass is 10.2. The number of rotatable bonds is 5. The van der Waals surface area contributed by atoms with E-state index in [0.29, 0.717) is 5.92 Å². The molecule has 1 aromatic carbocycles. The van der Waals surface area contributed by atoms with E-state index in [1.807, 2.05) is 12.1 Å². The van der Waals surface area contributed by atoms with E-state index in [9.17, 15) is 4.39 Å². The molecular weight excluding hydrogens is 265 g/mol. The SMILES string of the molecule is CC(C)C[NH2+]Cc1ccc(-c2ccc(F)c(Cl)c2)o1. The maximum atomic E-state index is 13.1. The number of nitrogens with two attached hydrogens (primary N) is 1. The van der Waals surface area contributed by atoms with Gasteiger partial charge >= 0.3 is 0 Å². The van der Waals surface area contributed by atoms with Gasteiger partial charge in [-0.15, -0.1) is 0 Å². The molecule has 2 rings (SSSR count). The Hall–Kier alpha value is -1.32. The molecule has 1 aromatic heterocycles. The van der Waals surface area contributed by atoms with Crippen LogP contribution in [-0.4, -0.2) is 6.54 Å². The predicted octanol–water partition coefficient (Wildman–Crippen LogP) is 3.46. The van der Waals surface area contributed by atoms with E-state index in [4.69, 9.17) is 16.0 Å². The Kier molecular flexibility index (Phi) is 4.61. The predicted molar refractivity (Wildman–Crippen MR) is 74.4 cm³/mol. The number of benzene rings is 1. The lowest BCUT2D eigenvalue weighted by Crippen LogP contribution is -2.83. The van der Waals surface area contributed by atoms with Crippen molar-refractivity contribution in [3.8, 4) is 11.3 Å². The minimum Gasteiger partial charge on any atom is -0.455 e. The van der Waals surface area contributed by atoms with Crippen LogP contribution in [0.4, 0.5) is 4.39 Å². The van der Waals surface area contributed by atoms with E-state index in [2.05, 4.69) is 19.2 Å². The Balaban J connectivity index is 2.05. The van der Waals surface area contributed by atoms with Crippen LogP contribution in [0.3, 0.4) is 0 Å². The van der Waals surface area contributed by atoms with Gasteiger partial charge in [0.2, 0.25) is 0 Å². The monoisotopic (exact) mass is 282 g/mol. The molecule has 19 heavy (non-hydrogen) atoms. The van der Waals surface area contributed by atoms with Crippen LogP contribution in [0.1, 0.15) is 19.6 Å². The Morgan fingerprint density at radius 1 is 1.26 bits per heavy atom. The van der Waals surface area contributed by atoms with Crippen molar-refractivity contribution in [2.24, 2.45) is 5.92 Å². The molecule has 2 nitrogen and oxygen atoms in total. The fourth-order valence-corrected chi connectivity index (χ4v) is 2.03. The molecule has 0 spiro atoms. The number of halogens is 2. The highest BCUT2D eigenvalue weighted by Gasteiger charge is 2.08. The molecule has 1 heterocycles. The zero-order valence-electron chi connectivity index (χ0n) is 11.1. The Bertz CT molecular complexity index is 551. The first kappa shape index (κ1) is 14.1. The van der Waals surface area contributed by atoms with Gasteiger partial charge in [0.1, 0.15) is 18.1 Å². The van der Waals surface area contributed by atoms with Gasteiger partial charge in [-0.1, -0.05) is 25.4 Å². The fourth-order valence-electron chi connectivity index (χ4n) is 1.85. The first-order valence-corrected chi connectivity index (χ1v) is 6.80. The fraction of sp³-hybridized carbons (Fsp3) is 0.333. The minimum absolute atomic E-state index is 0.113. The molecule has 0 fully saturated rings. The zero-order chi connectivity index (χ0) is 13.8. The topological polar surface area (TPSA) is 29.8 Å². The summed E-state index contributed by atoms with van der Waals surface area (Å²) < 4.78 is 18.8. The highest BCUT2D eigenvalue weighted by Crippen LogP contribution is 2.26. The van der Waals surface area contributed by atoms with E-state index in [0.717, 1.165) is 30.2 Å². The Morgan fingerprint density at radius 3 is 2.74 bits per heavy atom. The third-order valence-corrected chi connectivity index (χ3v) is 3.14. The first-order valence-electron chi connectivity index (χ1n) is 6.42. The van der Waals surface area contributed by atoms with Crippen LogP contribution in [0.15, 0.2) is 34.7 Å². The van der Waals surface area contributed by atoms with Crippen LogP contribution < -0.4 is 5.32 Å². The normalized spacial score (nSPS) is 11.2. The second-order valence-corrected chi connectivity index (χ2v) is 5.42. The van der Waals surface area contributed by atoms with Crippen LogP contribution in [0.2, 0.25) is 5.02 Å². The third kappa shape index (κ3) is 3.82. The van der Waals surface area contributed by atoms with Crippen LogP contribution >= 0.6 is 11.6 Å². The molecule has 0 aliphatic rings. The van der Waals surface area contributed by atoms with E-state index >= 15 is 0 Å². The summed E-state index contributed by atoms with van der Waals surface area (Å²) in [4.78, 5) is 0. The maximum Gasteiger partial charge on any atom is 0.158 e.